The third-order valence-corrected chi connectivity index (χ3v) is 3.02. The maximum atomic E-state index is 5.66. The van der Waals surface area contributed by atoms with Gasteiger partial charge >= 0.3 is 0 Å². The zero-order valence-electron chi connectivity index (χ0n) is 11.5. The normalized spacial score (nSPS) is 12.8. The molecular formula is C11H20N8. The van der Waals surface area contributed by atoms with Crippen LogP contribution in [0, 0.1) is 0 Å². The summed E-state index contributed by atoms with van der Waals surface area (Å²) in [6.07, 6.45) is 1.49. The molecule has 2 rings (SSSR count). The number of hydrogen-bond donors (Lipinski definition) is 2. The quantitative estimate of drug-likeness (QED) is 0.550. The van der Waals surface area contributed by atoms with Crippen molar-refractivity contribution in [1.82, 2.24) is 35.4 Å². The number of aryl methyl sites for hydroxylation is 3. The van der Waals surface area contributed by atoms with Crippen molar-refractivity contribution in [2.75, 3.05) is 0 Å². The Kier molecular flexibility index (Phi) is 4.23. The van der Waals surface area contributed by atoms with E-state index in [0.717, 1.165) is 24.4 Å². The van der Waals surface area contributed by atoms with Crippen LogP contribution in [-0.2, 0) is 26.4 Å². The summed E-state index contributed by atoms with van der Waals surface area (Å²) in [4.78, 5) is 1.44. The average molecular weight is 264 g/mol. The summed E-state index contributed by atoms with van der Waals surface area (Å²) in [6.45, 7) is 4.95. The minimum Gasteiger partial charge on any atom is -0.271 e. The topological polar surface area (TPSA) is 99.5 Å². The van der Waals surface area contributed by atoms with Crippen LogP contribution in [0.5, 0.6) is 0 Å². The summed E-state index contributed by atoms with van der Waals surface area (Å²) >= 11 is 0. The molecule has 0 saturated heterocycles. The number of hydrazine groups is 1. The van der Waals surface area contributed by atoms with E-state index in [1.54, 1.807) is 7.05 Å². The summed E-state index contributed by atoms with van der Waals surface area (Å²) in [6, 6.07) is 2.00. The number of hydrogen-bond acceptors (Lipinski definition) is 6. The Morgan fingerprint density at radius 3 is 2.68 bits per heavy atom. The fourth-order valence-electron chi connectivity index (χ4n) is 2.03. The van der Waals surface area contributed by atoms with Crippen molar-refractivity contribution in [2.24, 2.45) is 12.9 Å². The lowest BCUT2D eigenvalue weighted by molar-refractivity contribution is 0.481. The molecule has 0 fully saturated rings. The molecule has 0 bridgehead atoms. The zero-order valence-corrected chi connectivity index (χ0v) is 11.5. The molecule has 0 aliphatic rings. The van der Waals surface area contributed by atoms with Crippen molar-refractivity contribution in [3.05, 3.63) is 23.3 Å². The number of nitrogens with two attached hydrogens (primary N) is 1. The number of tetrazole rings is 1. The van der Waals surface area contributed by atoms with Gasteiger partial charge in [-0.1, -0.05) is 6.92 Å². The number of nitrogens with one attached hydrogen (secondary N) is 1. The van der Waals surface area contributed by atoms with Gasteiger partial charge in [0.25, 0.3) is 0 Å². The Morgan fingerprint density at radius 2 is 2.16 bits per heavy atom. The van der Waals surface area contributed by atoms with Crippen LogP contribution >= 0.6 is 0 Å². The Labute approximate surface area is 111 Å². The lowest BCUT2D eigenvalue weighted by atomic mass is 10.1. The molecule has 19 heavy (non-hydrogen) atoms. The maximum Gasteiger partial charge on any atom is 0.176 e. The van der Waals surface area contributed by atoms with E-state index in [1.807, 2.05) is 4.68 Å². The fraction of sp³-hybridized carbons (Fsp3) is 0.636. The largest absolute Gasteiger partial charge is 0.271 e. The van der Waals surface area contributed by atoms with E-state index in [9.17, 15) is 0 Å². The van der Waals surface area contributed by atoms with Crippen LogP contribution in [0.2, 0.25) is 0 Å². The summed E-state index contributed by atoms with van der Waals surface area (Å²) in [5, 5.41) is 16.5. The molecule has 1 unspecified atom stereocenters. The highest BCUT2D eigenvalue weighted by atomic mass is 15.6. The highest BCUT2D eigenvalue weighted by molar-refractivity contribution is 5.15. The smallest absolute Gasteiger partial charge is 0.176 e. The zero-order chi connectivity index (χ0) is 13.8. The van der Waals surface area contributed by atoms with Crippen molar-refractivity contribution in [3.63, 3.8) is 0 Å². The second-order valence-corrected chi connectivity index (χ2v) is 4.35. The van der Waals surface area contributed by atoms with Gasteiger partial charge in [0.2, 0.25) is 0 Å². The fourth-order valence-corrected chi connectivity index (χ4v) is 2.03. The number of aromatic nitrogens is 6. The molecule has 0 aliphatic heterocycles. The van der Waals surface area contributed by atoms with Crippen LogP contribution in [0.1, 0.15) is 37.1 Å². The van der Waals surface area contributed by atoms with Crippen molar-refractivity contribution in [3.8, 4) is 0 Å². The van der Waals surface area contributed by atoms with Gasteiger partial charge in [-0.05, 0) is 24.6 Å². The van der Waals surface area contributed by atoms with Crippen LogP contribution in [0.15, 0.2) is 6.07 Å². The first-order valence-electron chi connectivity index (χ1n) is 6.43. The van der Waals surface area contributed by atoms with E-state index >= 15 is 0 Å². The molecule has 2 aromatic heterocycles. The molecule has 8 nitrogen and oxygen atoms in total. The molecule has 1 atom stereocenters. The maximum absolute atomic E-state index is 5.66. The Balaban J connectivity index is 2.23. The summed E-state index contributed by atoms with van der Waals surface area (Å²) in [5.74, 6) is 6.32. The molecular weight excluding hydrogens is 244 g/mol. The first kappa shape index (κ1) is 13.6. The molecule has 8 heteroatoms. The average Bonchev–Trinajstić information content (AvgIpc) is 3.01. The summed E-state index contributed by atoms with van der Waals surface area (Å²) in [7, 11) is 1.74. The molecule has 2 heterocycles. The van der Waals surface area contributed by atoms with Gasteiger partial charge < -0.3 is 0 Å². The Hall–Kier alpha value is -1.80. The van der Waals surface area contributed by atoms with E-state index in [1.165, 1.54) is 4.80 Å². The monoisotopic (exact) mass is 264 g/mol. The van der Waals surface area contributed by atoms with Gasteiger partial charge in [-0.25, -0.2) is 0 Å². The second-order valence-electron chi connectivity index (χ2n) is 4.35. The third kappa shape index (κ3) is 2.96. The predicted octanol–water partition coefficient (Wildman–Crippen LogP) is -0.264. The van der Waals surface area contributed by atoms with Gasteiger partial charge in [0, 0.05) is 13.0 Å². The van der Waals surface area contributed by atoms with Crippen molar-refractivity contribution >= 4 is 0 Å². The van der Waals surface area contributed by atoms with Gasteiger partial charge in [-0.15, -0.1) is 10.2 Å². The van der Waals surface area contributed by atoms with E-state index < -0.39 is 0 Å². The molecule has 2 aromatic rings. The first-order valence-corrected chi connectivity index (χ1v) is 6.43. The standard InChI is InChI=1S/C11H20N8/c1-4-8-6-10(19(5-2)15-8)9(13-12)7-11-14-17-18(3)16-11/h6,9,13H,4-5,7,12H2,1-3H3. The van der Waals surface area contributed by atoms with Gasteiger partial charge in [0.05, 0.1) is 24.5 Å². The minimum absolute atomic E-state index is 0.0723. The molecule has 3 N–H and O–H groups in total. The second kappa shape index (κ2) is 5.89. The van der Waals surface area contributed by atoms with Crippen LogP contribution < -0.4 is 11.3 Å². The molecule has 0 aromatic carbocycles. The first-order chi connectivity index (χ1) is 9.17. The van der Waals surface area contributed by atoms with E-state index in [2.05, 4.69) is 45.8 Å². The lowest BCUT2D eigenvalue weighted by Crippen LogP contribution is -2.31. The van der Waals surface area contributed by atoms with Crippen molar-refractivity contribution in [1.29, 1.82) is 0 Å². The summed E-state index contributed by atoms with van der Waals surface area (Å²) < 4.78 is 1.96. The van der Waals surface area contributed by atoms with Gasteiger partial charge in [0.15, 0.2) is 5.82 Å². The third-order valence-electron chi connectivity index (χ3n) is 3.02. The number of rotatable bonds is 6. The Morgan fingerprint density at radius 1 is 1.37 bits per heavy atom. The van der Waals surface area contributed by atoms with Crippen LogP contribution in [-0.4, -0.2) is 30.0 Å². The Bertz CT molecular complexity index is 529. The predicted molar refractivity (Wildman–Crippen MR) is 69.8 cm³/mol. The van der Waals surface area contributed by atoms with E-state index in [4.69, 9.17) is 5.84 Å². The molecule has 0 spiro atoms. The van der Waals surface area contributed by atoms with Crippen LogP contribution in [0.25, 0.3) is 0 Å². The van der Waals surface area contributed by atoms with Gasteiger partial charge in [0.1, 0.15) is 0 Å². The van der Waals surface area contributed by atoms with E-state index in [-0.39, 0.29) is 6.04 Å². The van der Waals surface area contributed by atoms with E-state index in [0.29, 0.717) is 12.2 Å². The molecule has 0 saturated carbocycles. The van der Waals surface area contributed by atoms with Gasteiger partial charge in [-0.2, -0.15) is 9.90 Å². The van der Waals surface area contributed by atoms with Crippen LogP contribution in [0.4, 0.5) is 0 Å². The molecule has 0 aliphatic carbocycles. The lowest BCUT2D eigenvalue weighted by Gasteiger charge is -2.15. The van der Waals surface area contributed by atoms with Gasteiger partial charge in [-0.3, -0.25) is 16.0 Å². The minimum atomic E-state index is -0.0723. The number of nitrogens with zero attached hydrogens (tertiary/aromatic N) is 6. The molecule has 104 valence electrons. The highest BCUT2D eigenvalue weighted by Gasteiger charge is 2.19. The van der Waals surface area contributed by atoms with Crippen molar-refractivity contribution < 1.29 is 0 Å². The summed E-state index contributed by atoms with van der Waals surface area (Å²) in [5.41, 5.74) is 4.92. The molecule has 0 radical (unpaired) electrons. The molecule has 0 amide bonds. The SMILES string of the molecule is CCc1cc(C(Cc2nnn(C)n2)NN)n(CC)n1. The highest BCUT2D eigenvalue weighted by Crippen LogP contribution is 2.17. The van der Waals surface area contributed by atoms with Crippen molar-refractivity contribution in [2.45, 2.75) is 39.3 Å². The van der Waals surface area contributed by atoms with Crippen LogP contribution in [0.3, 0.4) is 0 Å².